The van der Waals surface area contributed by atoms with Crippen molar-refractivity contribution in [2.45, 2.75) is 38.4 Å². The molecule has 2 saturated heterocycles. The zero-order valence-corrected chi connectivity index (χ0v) is 23.0. The fourth-order valence-electron chi connectivity index (χ4n) is 6.17. The number of aromatic nitrogens is 1. The summed E-state index contributed by atoms with van der Waals surface area (Å²) < 4.78 is 14.4. The van der Waals surface area contributed by atoms with Crippen LogP contribution in [0.25, 0.3) is 0 Å². The van der Waals surface area contributed by atoms with Gasteiger partial charge in [-0.15, -0.1) is 0 Å². The molecular weight excluding hydrogens is 489 g/mol. The maximum Gasteiger partial charge on any atom is 0.222 e. The molecule has 5 rings (SSSR count). The number of halogens is 1. The summed E-state index contributed by atoms with van der Waals surface area (Å²) in [7, 11) is 1.91. The lowest BCUT2D eigenvalue weighted by Crippen LogP contribution is -2.57. The molecule has 0 saturated carbocycles. The van der Waals surface area contributed by atoms with E-state index in [1.165, 1.54) is 0 Å². The van der Waals surface area contributed by atoms with Crippen LogP contribution in [0.5, 0.6) is 0 Å². The molecule has 0 radical (unpaired) electrons. The number of hydrogen-bond donors (Lipinski definition) is 0. The lowest BCUT2D eigenvalue weighted by Gasteiger charge is -2.47. The Balaban J connectivity index is 1.22. The summed E-state index contributed by atoms with van der Waals surface area (Å²) in [4.78, 5) is 26.8. The van der Waals surface area contributed by atoms with Crippen LogP contribution in [-0.2, 0) is 17.9 Å². The second-order valence-electron chi connectivity index (χ2n) is 10.9. The van der Waals surface area contributed by atoms with Gasteiger partial charge in [-0.2, -0.15) is 0 Å². The van der Waals surface area contributed by atoms with Crippen molar-refractivity contribution in [3.05, 3.63) is 96.1 Å². The number of benzene rings is 2. The van der Waals surface area contributed by atoms with E-state index in [0.717, 1.165) is 69.9 Å². The van der Waals surface area contributed by atoms with Gasteiger partial charge in [-0.25, -0.2) is 4.39 Å². The van der Waals surface area contributed by atoms with Gasteiger partial charge in [0.05, 0.1) is 11.4 Å². The standard InChI is InChI=1S/C32H40FN5O/c1-35(23-26-9-3-2-4-10-26)32(39)15-14-27-24-36(25-28-11-7-8-17-34-28)18-16-30(27)37-19-21-38(22-20-37)31-13-6-5-12-29(31)33/h2-13,17,27,30H,14-16,18-25H2,1H3/t27-,30+/m0/s1. The number of piperidine rings is 1. The molecular formula is C32H40FN5O. The maximum absolute atomic E-state index is 14.4. The molecule has 0 unspecified atom stereocenters. The second kappa shape index (κ2) is 13.2. The zero-order chi connectivity index (χ0) is 27.0. The molecule has 0 aliphatic carbocycles. The third-order valence-electron chi connectivity index (χ3n) is 8.28. The number of carbonyl (C=O) groups is 1. The molecule has 6 nitrogen and oxygen atoms in total. The minimum atomic E-state index is -0.148. The number of pyridine rings is 1. The quantitative estimate of drug-likeness (QED) is 0.403. The smallest absolute Gasteiger partial charge is 0.222 e. The third kappa shape index (κ3) is 7.22. The first kappa shape index (κ1) is 27.3. The first-order chi connectivity index (χ1) is 19.1. The second-order valence-corrected chi connectivity index (χ2v) is 10.9. The van der Waals surface area contributed by atoms with Crippen LogP contribution >= 0.6 is 0 Å². The molecule has 2 aliphatic heterocycles. The molecule has 1 aromatic heterocycles. The molecule has 2 aromatic carbocycles. The van der Waals surface area contributed by atoms with E-state index in [1.54, 1.807) is 12.1 Å². The molecule has 2 fully saturated rings. The highest BCUT2D eigenvalue weighted by molar-refractivity contribution is 5.75. The lowest BCUT2D eigenvalue weighted by molar-refractivity contribution is -0.131. The van der Waals surface area contributed by atoms with E-state index in [2.05, 4.69) is 37.9 Å². The molecule has 2 atom stereocenters. The summed E-state index contributed by atoms with van der Waals surface area (Å²) in [5.74, 6) is 0.449. The number of rotatable bonds is 9. The maximum atomic E-state index is 14.4. The average molecular weight is 530 g/mol. The average Bonchev–Trinajstić information content (AvgIpc) is 2.97. The minimum absolute atomic E-state index is 0.148. The highest BCUT2D eigenvalue weighted by Gasteiger charge is 2.35. The van der Waals surface area contributed by atoms with E-state index in [4.69, 9.17) is 0 Å². The van der Waals surface area contributed by atoms with Gasteiger partial charge in [0.15, 0.2) is 0 Å². The van der Waals surface area contributed by atoms with Gasteiger partial charge in [-0.3, -0.25) is 19.6 Å². The Morgan fingerprint density at radius 2 is 1.69 bits per heavy atom. The highest BCUT2D eigenvalue weighted by Crippen LogP contribution is 2.29. The van der Waals surface area contributed by atoms with Crippen molar-refractivity contribution in [3.63, 3.8) is 0 Å². The number of likely N-dealkylation sites (tertiary alicyclic amines) is 1. The Labute approximate surface area is 232 Å². The Kier molecular flexibility index (Phi) is 9.22. The van der Waals surface area contributed by atoms with E-state index in [-0.39, 0.29) is 11.7 Å². The van der Waals surface area contributed by atoms with Crippen molar-refractivity contribution in [2.75, 3.05) is 51.2 Å². The van der Waals surface area contributed by atoms with Crippen LogP contribution < -0.4 is 4.90 Å². The van der Waals surface area contributed by atoms with Gasteiger partial charge in [0.1, 0.15) is 5.82 Å². The van der Waals surface area contributed by atoms with E-state index in [0.29, 0.717) is 30.6 Å². The number of hydrogen-bond acceptors (Lipinski definition) is 5. The predicted molar refractivity (Wildman–Crippen MR) is 154 cm³/mol. The third-order valence-corrected chi connectivity index (χ3v) is 8.28. The fraction of sp³-hybridized carbons (Fsp3) is 0.438. The topological polar surface area (TPSA) is 42.9 Å². The van der Waals surface area contributed by atoms with Crippen LogP contribution in [0.2, 0.25) is 0 Å². The van der Waals surface area contributed by atoms with Gasteiger partial charge in [0.2, 0.25) is 5.91 Å². The van der Waals surface area contributed by atoms with Gasteiger partial charge in [-0.1, -0.05) is 48.5 Å². The minimum Gasteiger partial charge on any atom is -0.367 e. The molecule has 1 amide bonds. The van der Waals surface area contributed by atoms with Crippen LogP contribution in [0.4, 0.5) is 10.1 Å². The Morgan fingerprint density at radius 1 is 0.949 bits per heavy atom. The van der Waals surface area contributed by atoms with Crippen molar-refractivity contribution in [1.29, 1.82) is 0 Å². The van der Waals surface area contributed by atoms with Crippen LogP contribution in [0.3, 0.4) is 0 Å². The van der Waals surface area contributed by atoms with Gasteiger partial charge in [0.25, 0.3) is 0 Å². The Hall–Kier alpha value is -3.29. The molecule has 3 heterocycles. The van der Waals surface area contributed by atoms with E-state index >= 15 is 0 Å². The van der Waals surface area contributed by atoms with Crippen molar-refractivity contribution < 1.29 is 9.18 Å². The van der Waals surface area contributed by atoms with E-state index < -0.39 is 0 Å². The molecule has 2 aliphatic rings. The van der Waals surface area contributed by atoms with Crippen LogP contribution in [0, 0.1) is 11.7 Å². The Bertz CT molecular complexity index is 1190. The van der Waals surface area contributed by atoms with E-state index in [1.807, 2.05) is 60.6 Å². The summed E-state index contributed by atoms with van der Waals surface area (Å²) in [6.45, 7) is 6.93. The lowest BCUT2D eigenvalue weighted by atomic mass is 9.86. The normalized spacial score (nSPS) is 20.6. The molecule has 39 heavy (non-hydrogen) atoms. The van der Waals surface area contributed by atoms with Crippen molar-refractivity contribution in [1.82, 2.24) is 19.7 Å². The summed E-state index contributed by atoms with van der Waals surface area (Å²) >= 11 is 0. The molecule has 0 bridgehead atoms. The van der Waals surface area contributed by atoms with Crippen molar-refractivity contribution >= 4 is 11.6 Å². The molecule has 206 valence electrons. The molecule has 0 spiro atoms. The number of anilines is 1. The number of piperazine rings is 1. The number of para-hydroxylation sites is 1. The summed E-state index contributed by atoms with van der Waals surface area (Å²) in [5.41, 5.74) is 2.94. The largest absolute Gasteiger partial charge is 0.367 e. The number of amides is 1. The zero-order valence-electron chi connectivity index (χ0n) is 23.0. The number of nitrogens with zero attached hydrogens (tertiary/aromatic N) is 5. The molecule has 3 aromatic rings. The van der Waals surface area contributed by atoms with Gasteiger partial charge in [-0.05, 0) is 48.6 Å². The van der Waals surface area contributed by atoms with E-state index in [9.17, 15) is 9.18 Å². The van der Waals surface area contributed by atoms with Crippen LogP contribution in [-0.4, -0.2) is 77.9 Å². The first-order valence-corrected chi connectivity index (χ1v) is 14.2. The van der Waals surface area contributed by atoms with Crippen molar-refractivity contribution in [2.24, 2.45) is 5.92 Å². The number of carbonyl (C=O) groups excluding carboxylic acids is 1. The highest BCUT2D eigenvalue weighted by atomic mass is 19.1. The van der Waals surface area contributed by atoms with Crippen LogP contribution in [0.15, 0.2) is 79.0 Å². The fourth-order valence-corrected chi connectivity index (χ4v) is 6.17. The van der Waals surface area contributed by atoms with Crippen molar-refractivity contribution in [3.8, 4) is 0 Å². The molecule has 7 heteroatoms. The van der Waals surface area contributed by atoms with Crippen LogP contribution in [0.1, 0.15) is 30.5 Å². The summed E-state index contributed by atoms with van der Waals surface area (Å²) in [6, 6.07) is 23.8. The monoisotopic (exact) mass is 529 g/mol. The van der Waals surface area contributed by atoms with Gasteiger partial charge in [0, 0.05) is 78.1 Å². The first-order valence-electron chi connectivity index (χ1n) is 14.2. The predicted octanol–water partition coefficient (Wildman–Crippen LogP) is 4.67. The van der Waals surface area contributed by atoms with Gasteiger partial charge < -0.3 is 9.80 Å². The molecule has 0 N–H and O–H groups in total. The Morgan fingerprint density at radius 3 is 2.44 bits per heavy atom. The van der Waals surface area contributed by atoms with Gasteiger partial charge >= 0.3 is 0 Å². The SMILES string of the molecule is CN(Cc1ccccc1)C(=O)CC[C@H]1CN(Cc2ccccn2)CC[C@H]1N1CCN(c2ccccc2F)CC1. The summed E-state index contributed by atoms with van der Waals surface area (Å²) in [6.07, 6.45) is 4.35. The summed E-state index contributed by atoms with van der Waals surface area (Å²) in [5, 5.41) is 0.